The summed E-state index contributed by atoms with van der Waals surface area (Å²) >= 11 is 0. The molecule has 2 heterocycles. The molecule has 1 atom stereocenters. The molecular weight excluding hydrogens is 206 g/mol. The average Bonchev–Trinajstić information content (AvgIpc) is 2.80. The monoisotopic (exact) mass is 225 g/mol. The van der Waals surface area contributed by atoms with Gasteiger partial charge < -0.3 is 14.9 Å². The van der Waals surface area contributed by atoms with Crippen LogP contribution in [-0.4, -0.2) is 34.9 Å². The van der Waals surface area contributed by atoms with Crippen LogP contribution in [0, 0.1) is 0 Å². The van der Waals surface area contributed by atoms with E-state index >= 15 is 0 Å². The molecule has 1 aromatic heterocycles. The molecule has 1 fully saturated rings. The summed E-state index contributed by atoms with van der Waals surface area (Å²) in [5, 5.41) is 16.1. The molecule has 0 bridgehead atoms. The highest BCUT2D eigenvalue weighted by molar-refractivity contribution is 5.08. The molecule has 2 N–H and O–H groups in total. The fourth-order valence-electron chi connectivity index (χ4n) is 2.27. The van der Waals surface area contributed by atoms with Gasteiger partial charge in [-0.25, -0.2) is 0 Å². The van der Waals surface area contributed by atoms with Gasteiger partial charge in [-0.05, 0) is 25.8 Å². The van der Waals surface area contributed by atoms with Crippen molar-refractivity contribution in [2.24, 2.45) is 0 Å². The van der Waals surface area contributed by atoms with Gasteiger partial charge in [0.2, 0.25) is 5.89 Å². The van der Waals surface area contributed by atoms with E-state index in [1.54, 1.807) is 0 Å². The Balaban J connectivity index is 2.18. The van der Waals surface area contributed by atoms with Crippen LogP contribution >= 0.6 is 0 Å². The van der Waals surface area contributed by atoms with Gasteiger partial charge in [-0.2, -0.15) is 4.98 Å². The zero-order valence-electron chi connectivity index (χ0n) is 9.70. The molecule has 16 heavy (non-hydrogen) atoms. The van der Waals surface area contributed by atoms with Crippen molar-refractivity contribution in [3.8, 4) is 0 Å². The summed E-state index contributed by atoms with van der Waals surface area (Å²) < 4.78 is 5.34. The van der Waals surface area contributed by atoms with Gasteiger partial charge in [-0.3, -0.25) is 0 Å². The fraction of sp³-hybridized carbons (Fsp3) is 0.818. The molecule has 0 aliphatic carbocycles. The van der Waals surface area contributed by atoms with E-state index in [-0.39, 0.29) is 12.0 Å². The van der Waals surface area contributed by atoms with Crippen molar-refractivity contribution < 1.29 is 9.63 Å². The highest BCUT2D eigenvalue weighted by atomic mass is 16.5. The van der Waals surface area contributed by atoms with E-state index in [1.165, 1.54) is 0 Å². The zero-order chi connectivity index (χ0) is 11.4. The van der Waals surface area contributed by atoms with Gasteiger partial charge in [0.05, 0.1) is 12.0 Å². The van der Waals surface area contributed by atoms with Crippen LogP contribution in [0.2, 0.25) is 0 Å². The van der Waals surface area contributed by atoms with Crippen molar-refractivity contribution in [1.29, 1.82) is 0 Å². The van der Waals surface area contributed by atoms with Crippen LogP contribution in [0.4, 0.5) is 0 Å². The van der Waals surface area contributed by atoms with E-state index in [0.717, 1.165) is 38.2 Å². The summed E-state index contributed by atoms with van der Waals surface area (Å²) in [5.74, 6) is 1.33. The average molecular weight is 225 g/mol. The number of nitrogens with zero attached hydrogens (tertiary/aromatic N) is 2. The molecule has 5 nitrogen and oxygen atoms in total. The Hall–Kier alpha value is -0.940. The van der Waals surface area contributed by atoms with Crippen molar-refractivity contribution in [3.05, 3.63) is 11.7 Å². The number of hydrogen-bond donors (Lipinski definition) is 2. The molecule has 1 saturated heterocycles. The number of aliphatic hydroxyl groups excluding tert-OH is 1. The maximum absolute atomic E-state index is 8.83. The molecular formula is C11H19N3O2. The second-order valence-corrected chi connectivity index (χ2v) is 4.40. The topological polar surface area (TPSA) is 71.2 Å². The quantitative estimate of drug-likeness (QED) is 0.786. The molecule has 1 aromatic rings. The second kappa shape index (κ2) is 4.93. The molecule has 0 aromatic carbocycles. The third kappa shape index (κ3) is 2.10. The van der Waals surface area contributed by atoms with E-state index < -0.39 is 0 Å². The smallest absolute Gasteiger partial charge is 0.234 e. The summed E-state index contributed by atoms with van der Waals surface area (Å²) in [7, 11) is 0. The minimum absolute atomic E-state index is 0.00104. The molecule has 1 aliphatic heterocycles. The lowest BCUT2D eigenvalue weighted by Gasteiger charge is -2.33. The van der Waals surface area contributed by atoms with Crippen molar-refractivity contribution >= 4 is 0 Å². The molecule has 90 valence electrons. The first-order chi connectivity index (χ1) is 7.80. The highest BCUT2D eigenvalue weighted by Gasteiger charge is 2.37. The predicted molar refractivity (Wildman–Crippen MR) is 59.2 cm³/mol. The Morgan fingerprint density at radius 1 is 1.56 bits per heavy atom. The van der Waals surface area contributed by atoms with E-state index in [1.807, 2.05) is 0 Å². The number of aromatic nitrogens is 2. The first-order valence-corrected chi connectivity index (χ1v) is 5.95. The Labute approximate surface area is 95.2 Å². The van der Waals surface area contributed by atoms with Gasteiger partial charge in [0, 0.05) is 13.0 Å². The third-order valence-electron chi connectivity index (χ3n) is 3.41. The summed E-state index contributed by atoms with van der Waals surface area (Å²) in [4.78, 5) is 4.39. The number of nitrogens with one attached hydrogen (secondary N) is 1. The van der Waals surface area contributed by atoms with Crippen molar-refractivity contribution in [2.75, 3.05) is 19.7 Å². The van der Waals surface area contributed by atoms with Crippen LogP contribution in [0.5, 0.6) is 0 Å². The Morgan fingerprint density at radius 2 is 2.44 bits per heavy atom. The fourth-order valence-corrected chi connectivity index (χ4v) is 2.27. The molecule has 1 aliphatic rings. The Bertz CT molecular complexity index is 332. The number of aliphatic hydroxyl groups is 1. The second-order valence-electron chi connectivity index (χ2n) is 4.40. The molecule has 0 radical (unpaired) electrons. The third-order valence-corrected chi connectivity index (χ3v) is 3.41. The van der Waals surface area contributed by atoms with E-state index in [9.17, 15) is 0 Å². The maximum atomic E-state index is 8.83. The van der Waals surface area contributed by atoms with Crippen LogP contribution < -0.4 is 5.32 Å². The predicted octanol–water partition coefficient (Wildman–Crippen LogP) is 0.636. The zero-order valence-corrected chi connectivity index (χ0v) is 9.70. The Kier molecular flexibility index (Phi) is 3.56. The molecule has 1 unspecified atom stereocenters. The standard InChI is InChI=1S/C11H19N3O2/c1-2-11(5-3-6-12-8-11)10-13-9(4-7-15)14-16-10/h12,15H,2-8H2,1H3. The largest absolute Gasteiger partial charge is 0.396 e. The SMILES string of the molecule is CCC1(c2nc(CCO)no2)CCCNC1. The van der Waals surface area contributed by atoms with Gasteiger partial charge in [0.15, 0.2) is 5.82 Å². The molecule has 5 heteroatoms. The van der Waals surface area contributed by atoms with Gasteiger partial charge in [0.25, 0.3) is 0 Å². The minimum atomic E-state index is -0.00104. The van der Waals surface area contributed by atoms with E-state index in [4.69, 9.17) is 9.63 Å². The van der Waals surface area contributed by atoms with E-state index in [0.29, 0.717) is 12.2 Å². The minimum Gasteiger partial charge on any atom is -0.396 e. The first kappa shape index (κ1) is 11.5. The van der Waals surface area contributed by atoms with Crippen LogP contribution in [0.25, 0.3) is 0 Å². The number of hydrogen-bond acceptors (Lipinski definition) is 5. The molecule has 2 rings (SSSR count). The summed E-state index contributed by atoms with van der Waals surface area (Å²) in [6, 6.07) is 0. The summed E-state index contributed by atoms with van der Waals surface area (Å²) in [6.45, 7) is 4.20. The van der Waals surface area contributed by atoms with Crippen LogP contribution in [0.1, 0.15) is 37.9 Å². The highest BCUT2D eigenvalue weighted by Crippen LogP contribution is 2.33. The number of piperidine rings is 1. The van der Waals surface area contributed by atoms with Gasteiger partial charge >= 0.3 is 0 Å². The Morgan fingerprint density at radius 3 is 3.06 bits per heavy atom. The summed E-state index contributed by atoms with van der Waals surface area (Å²) in [5.41, 5.74) is -0.00104. The van der Waals surface area contributed by atoms with Crippen molar-refractivity contribution in [3.63, 3.8) is 0 Å². The molecule has 0 spiro atoms. The molecule has 0 amide bonds. The number of rotatable bonds is 4. The van der Waals surface area contributed by atoms with Crippen LogP contribution in [-0.2, 0) is 11.8 Å². The lowest BCUT2D eigenvalue weighted by atomic mass is 9.78. The van der Waals surface area contributed by atoms with Gasteiger partial charge in [-0.1, -0.05) is 12.1 Å². The van der Waals surface area contributed by atoms with Crippen molar-refractivity contribution in [2.45, 2.75) is 38.0 Å². The van der Waals surface area contributed by atoms with Crippen molar-refractivity contribution in [1.82, 2.24) is 15.5 Å². The van der Waals surface area contributed by atoms with Gasteiger partial charge in [0.1, 0.15) is 0 Å². The van der Waals surface area contributed by atoms with E-state index in [2.05, 4.69) is 22.4 Å². The maximum Gasteiger partial charge on any atom is 0.234 e. The lowest BCUT2D eigenvalue weighted by molar-refractivity contribution is 0.220. The lowest BCUT2D eigenvalue weighted by Crippen LogP contribution is -2.43. The normalized spacial score (nSPS) is 25.9. The van der Waals surface area contributed by atoms with Crippen LogP contribution in [0.3, 0.4) is 0 Å². The summed E-state index contributed by atoms with van der Waals surface area (Å²) in [6.07, 6.45) is 3.71. The van der Waals surface area contributed by atoms with Crippen LogP contribution in [0.15, 0.2) is 4.52 Å². The first-order valence-electron chi connectivity index (χ1n) is 5.95. The molecule has 0 saturated carbocycles. The van der Waals surface area contributed by atoms with Gasteiger partial charge in [-0.15, -0.1) is 0 Å².